The van der Waals surface area contributed by atoms with Crippen LogP contribution in [0.15, 0.2) is 35.7 Å². The van der Waals surface area contributed by atoms with E-state index in [1.165, 1.54) is 40.8 Å². The van der Waals surface area contributed by atoms with Gasteiger partial charge in [0.25, 0.3) is 0 Å². The molecular formula is C26H36N2O2S. The Bertz CT molecular complexity index is 876. The van der Waals surface area contributed by atoms with Crippen LogP contribution in [0, 0.1) is 6.92 Å². The van der Waals surface area contributed by atoms with Crippen molar-refractivity contribution in [2.75, 3.05) is 19.6 Å². The second-order valence-corrected chi connectivity index (χ2v) is 9.47. The second kappa shape index (κ2) is 11.5. The summed E-state index contributed by atoms with van der Waals surface area (Å²) in [4.78, 5) is 31.3. The highest BCUT2D eigenvalue weighted by Crippen LogP contribution is 2.39. The van der Waals surface area contributed by atoms with E-state index in [1.54, 1.807) is 16.2 Å². The number of hydrogen-bond acceptors (Lipinski definition) is 3. The summed E-state index contributed by atoms with van der Waals surface area (Å²) in [5, 5.41) is 2.13. The number of amides is 2. The first kappa shape index (κ1) is 23.5. The fourth-order valence-corrected chi connectivity index (χ4v) is 5.39. The first-order valence-electron chi connectivity index (χ1n) is 11.8. The number of fused-ring (bicyclic) bond motifs is 1. The molecule has 0 saturated carbocycles. The summed E-state index contributed by atoms with van der Waals surface area (Å²) in [5.41, 5.74) is 3.62. The molecule has 1 aromatic heterocycles. The van der Waals surface area contributed by atoms with Gasteiger partial charge in [-0.05, 0) is 54.8 Å². The van der Waals surface area contributed by atoms with Crippen molar-refractivity contribution in [3.63, 3.8) is 0 Å². The third kappa shape index (κ3) is 5.76. The first-order valence-corrected chi connectivity index (χ1v) is 12.6. The number of benzene rings is 1. The van der Waals surface area contributed by atoms with E-state index in [0.29, 0.717) is 19.5 Å². The average Bonchev–Trinajstić information content (AvgIpc) is 3.26. The number of carbonyl (C=O) groups excluding carboxylic acids is 2. The van der Waals surface area contributed by atoms with Crippen LogP contribution in [0.1, 0.15) is 80.0 Å². The van der Waals surface area contributed by atoms with Gasteiger partial charge in [0.2, 0.25) is 11.8 Å². The van der Waals surface area contributed by atoms with Gasteiger partial charge in [0.15, 0.2) is 0 Å². The van der Waals surface area contributed by atoms with Crippen molar-refractivity contribution < 1.29 is 9.59 Å². The molecule has 1 aliphatic heterocycles. The van der Waals surface area contributed by atoms with Gasteiger partial charge in [-0.2, -0.15) is 0 Å². The second-order valence-electron chi connectivity index (χ2n) is 8.47. The van der Waals surface area contributed by atoms with E-state index in [0.717, 1.165) is 19.3 Å². The molecule has 2 heterocycles. The molecule has 2 aromatic rings. The van der Waals surface area contributed by atoms with Crippen molar-refractivity contribution in [1.82, 2.24) is 9.80 Å². The summed E-state index contributed by atoms with van der Waals surface area (Å²) in [6.07, 6.45) is 7.05. The smallest absolute Gasteiger partial charge is 0.242 e. The van der Waals surface area contributed by atoms with Gasteiger partial charge in [-0.3, -0.25) is 9.59 Å². The highest BCUT2D eigenvalue weighted by Gasteiger charge is 2.34. The molecule has 0 bridgehead atoms. The molecule has 4 nitrogen and oxygen atoms in total. The van der Waals surface area contributed by atoms with E-state index in [4.69, 9.17) is 0 Å². The summed E-state index contributed by atoms with van der Waals surface area (Å²) < 4.78 is 0. The molecule has 1 aliphatic rings. The van der Waals surface area contributed by atoms with E-state index in [2.05, 4.69) is 37.4 Å². The molecule has 0 saturated heterocycles. The van der Waals surface area contributed by atoms with Gasteiger partial charge in [-0.1, -0.05) is 56.9 Å². The van der Waals surface area contributed by atoms with Crippen molar-refractivity contribution in [2.45, 2.75) is 71.8 Å². The zero-order chi connectivity index (χ0) is 22.2. The summed E-state index contributed by atoms with van der Waals surface area (Å²) in [5.74, 6) is 0.152. The van der Waals surface area contributed by atoms with Crippen LogP contribution < -0.4 is 0 Å². The molecule has 1 aromatic carbocycles. The molecule has 5 heteroatoms. The Hall–Kier alpha value is -2.14. The van der Waals surface area contributed by atoms with E-state index in [-0.39, 0.29) is 24.4 Å². The molecule has 0 aliphatic carbocycles. The minimum absolute atomic E-state index is 0.0475. The predicted molar refractivity (Wildman–Crippen MR) is 128 cm³/mol. The average molecular weight is 441 g/mol. The zero-order valence-electron chi connectivity index (χ0n) is 19.2. The van der Waals surface area contributed by atoms with E-state index < -0.39 is 0 Å². The molecule has 0 spiro atoms. The number of rotatable bonds is 10. The fraction of sp³-hybridized carbons (Fsp3) is 0.538. The number of nitrogens with zero attached hydrogens (tertiary/aromatic N) is 2. The summed E-state index contributed by atoms with van der Waals surface area (Å²) >= 11 is 1.78. The Kier molecular flexibility index (Phi) is 8.70. The van der Waals surface area contributed by atoms with Crippen LogP contribution in [0.2, 0.25) is 0 Å². The van der Waals surface area contributed by atoms with Gasteiger partial charge in [-0.25, -0.2) is 0 Å². The molecule has 0 radical (unpaired) electrons. The van der Waals surface area contributed by atoms with E-state index >= 15 is 0 Å². The molecule has 1 atom stereocenters. The van der Waals surface area contributed by atoms with Crippen LogP contribution in [-0.2, 0) is 16.0 Å². The standard InChI is InChI=1S/C26H36N2O2S/c1-4-6-7-8-9-14-24(29)27(5-2)19-25(30)28-17-15-23-22(16-18-31-23)26(28)21-13-11-10-12-20(21)3/h10-13,16,18,26H,4-9,14-15,17,19H2,1-3H3. The van der Waals surface area contributed by atoms with Crippen LogP contribution in [0.4, 0.5) is 0 Å². The lowest BCUT2D eigenvalue weighted by Gasteiger charge is -2.38. The van der Waals surface area contributed by atoms with Crippen molar-refractivity contribution >= 4 is 23.2 Å². The van der Waals surface area contributed by atoms with Gasteiger partial charge in [0, 0.05) is 24.4 Å². The maximum atomic E-state index is 13.4. The number of hydrogen-bond donors (Lipinski definition) is 0. The number of likely N-dealkylation sites (N-methyl/N-ethyl adjacent to an activating group) is 1. The molecule has 3 rings (SSSR count). The Morgan fingerprint density at radius 1 is 1.06 bits per heavy atom. The monoisotopic (exact) mass is 440 g/mol. The van der Waals surface area contributed by atoms with Crippen molar-refractivity contribution in [2.24, 2.45) is 0 Å². The number of aryl methyl sites for hydroxylation is 1. The van der Waals surface area contributed by atoms with Gasteiger partial charge in [-0.15, -0.1) is 11.3 Å². The van der Waals surface area contributed by atoms with Gasteiger partial charge in [0.1, 0.15) is 0 Å². The Labute approximate surface area is 191 Å². The lowest BCUT2D eigenvalue weighted by molar-refractivity contribution is -0.141. The van der Waals surface area contributed by atoms with E-state index in [9.17, 15) is 9.59 Å². The minimum atomic E-state index is -0.0634. The third-order valence-electron chi connectivity index (χ3n) is 6.32. The molecule has 168 valence electrons. The van der Waals surface area contributed by atoms with Crippen molar-refractivity contribution in [3.8, 4) is 0 Å². The number of carbonyl (C=O) groups is 2. The van der Waals surface area contributed by atoms with Crippen molar-refractivity contribution in [3.05, 3.63) is 57.3 Å². The fourth-order valence-electron chi connectivity index (χ4n) is 4.48. The van der Waals surface area contributed by atoms with Crippen LogP contribution >= 0.6 is 11.3 Å². The van der Waals surface area contributed by atoms with Gasteiger partial charge in [0.05, 0.1) is 12.6 Å². The Morgan fingerprint density at radius 2 is 1.84 bits per heavy atom. The third-order valence-corrected chi connectivity index (χ3v) is 7.32. The SMILES string of the molecule is CCCCCCCC(=O)N(CC)CC(=O)N1CCc2sccc2C1c1ccccc1C. The van der Waals surface area contributed by atoms with Gasteiger partial charge < -0.3 is 9.80 Å². The molecule has 1 unspecified atom stereocenters. The maximum absolute atomic E-state index is 13.4. The lowest BCUT2D eigenvalue weighted by Crippen LogP contribution is -2.46. The number of unbranched alkanes of at least 4 members (excludes halogenated alkanes) is 4. The van der Waals surface area contributed by atoms with Crippen LogP contribution in [-0.4, -0.2) is 41.2 Å². The molecule has 2 amide bonds. The van der Waals surface area contributed by atoms with Gasteiger partial charge >= 0.3 is 0 Å². The quantitative estimate of drug-likeness (QED) is 0.442. The summed E-state index contributed by atoms with van der Waals surface area (Å²) in [6.45, 7) is 7.72. The normalized spacial score (nSPS) is 15.6. The highest BCUT2D eigenvalue weighted by atomic mass is 32.1. The minimum Gasteiger partial charge on any atom is -0.334 e. The number of thiophene rings is 1. The first-order chi connectivity index (χ1) is 15.1. The predicted octanol–water partition coefficient (Wildman–Crippen LogP) is 5.74. The van der Waals surface area contributed by atoms with Crippen LogP contribution in [0.5, 0.6) is 0 Å². The topological polar surface area (TPSA) is 40.6 Å². The zero-order valence-corrected chi connectivity index (χ0v) is 20.0. The van der Waals surface area contributed by atoms with Crippen molar-refractivity contribution in [1.29, 1.82) is 0 Å². The highest BCUT2D eigenvalue weighted by molar-refractivity contribution is 7.10. The summed E-state index contributed by atoms with van der Waals surface area (Å²) in [7, 11) is 0. The largest absolute Gasteiger partial charge is 0.334 e. The maximum Gasteiger partial charge on any atom is 0.242 e. The molecule has 31 heavy (non-hydrogen) atoms. The van der Waals surface area contributed by atoms with Crippen LogP contribution in [0.3, 0.4) is 0 Å². The Morgan fingerprint density at radius 3 is 2.58 bits per heavy atom. The van der Waals surface area contributed by atoms with Crippen LogP contribution in [0.25, 0.3) is 0 Å². The molecule has 0 N–H and O–H groups in total. The van der Waals surface area contributed by atoms with E-state index in [1.807, 2.05) is 24.0 Å². The summed E-state index contributed by atoms with van der Waals surface area (Å²) in [6, 6.07) is 10.4. The molecule has 0 fully saturated rings. The lowest BCUT2D eigenvalue weighted by atomic mass is 9.90. The molecular weight excluding hydrogens is 404 g/mol. The Balaban J connectivity index is 1.71.